The fourth-order valence-corrected chi connectivity index (χ4v) is 2.43. The maximum absolute atomic E-state index is 8.70. The van der Waals surface area contributed by atoms with Gasteiger partial charge in [0.1, 0.15) is 0 Å². The number of rotatable bonds is 5. The smallest absolute Gasteiger partial charge is 0.0640 e. The van der Waals surface area contributed by atoms with Crippen LogP contribution < -0.4 is 4.90 Å². The predicted octanol–water partition coefficient (Wildman–Crippen LogP) is 4.33. The van der Waals surface area contributed by atoms with Gasteiger partial charge in [0.05, 0.1) is 12.5 Å². The van der Waals surface area contributed by atoms with Crippen molar-refractivity contribution < 1.29 is 0 Å². The molecule has 0 aliphatic heterocycles. The van der Waals surface area contributed by atoms with E-state index in [1.807, 2.05) is 0 Å². The van der Waals surface area contributed by atoms with Crippen LogP contribution in [0.2, 0.25) is 0 Å². The molecule has 102 valence electrons. The molecule has 0 spiro atoms. The summed E-state index contributed by atoms with van der Waals surface area (Å²) in [4.78, 5) is 2.22. The lowest BCUT2D eigenvalue weighted by molar-refractivity contribution is 0.827. The van der Waals surface area contributed by atoms with Gasteiger partial charge in [-0.15, -0.1) is 0 Å². The number of hydrogen-bond acceptors (Lipinski definition) is 2. The van der Waals surface area contributed by atoms with Crippen LogP contribution in [0.4, 0.5) is 5.69 Å². The summed E-state index contributed by atoms with van der Waals surface area (Å²) >= 11 is 0. The molecule has 0 atom stereocenters. The zero-order chi connectivity index (χ0) is 14.4. The Morgan fingerprint density at radius 3 is 2.65 bits per heavy atom. The van der Waals surface area contributed by atoms with Crippen molar-refractivity contribution in [1.29, 1.82) is 5.26 Å². The molecule has 0 radical (unpaired) electrons. The molecule has 1 aromatic rings. The zero-order valence-corrected chi connectivity index (χ0v) is 12.0. The molecule has 0 unspecified atom stereocenters. The fraction of sp³-hybridized carbons (Fsp3) is 0.278. The second-order valence-corrected chi connectivity index (χ2v) is 4.82. The van der Waals surface area contributed by atoms with Gasteiger partial charge < -0.3 is 4.90 Å². The minimum atomic E-state index is 0.558. The van der Waals surface area contributed by atoms with Gasteiger partial charge in [-0.3, -0.25) is 0 Å². The molecular weight excluding hydrogens is 244 g/mol. The van der Waals surface area contributed by atoms with Crippen LogP contribution in [0.1, 0.15) is 25.3 Å². The molecule has 20 heavy (non-hydrogen) atoms. The van der Waals surface area contributed by atoms with Gasteiger partial charge in [0.15, 0.2) is 0 Å². The summed E-state index contributed by atoms with van der Waals surface area (Å²) in [6.45, 7) is 7.90. The average Bonchev–Trinajstić information content (AvgIpc) is 2.49. The third-order valence-corrected chi connectivity index (χ3v) is 3.54. The summed E-state index contributed by atoms with van der Waals surface area (Å²) < 4.78 is 0. The molecule has 0 N–H and O–H groups in total. The highest BCUT2D eigenvalue weighted by molar-refractivity contribution is 5.82. The standard InChI is InChI=1S/C18H20N2/c1-3-20(14-6-13-19)17-11-9-16(10-12-17)18-8-5-4-7-15(18)2/h4,7-12H,2-3,5-6,14H2,1H3. The molecule has 0 saturated heterocycles. The maximum Gasteiger partial charge on any atom is 0.0640 e. The van der Waals surface area contributed by atoms with Crippen molar-refractivity contribution in [3.63, 3.8) is 0 Å². The average molecular weight is 264 g/mol. The minimum absolute atomic E-state index is 0.558. The molecule has 1 aromatic carbocycles. The Morgan fingerprint density at radius 2 is 2.05 bits per heavy atom. The Kier molecular flexibility index (Phi) is 4.79. The van der Waals surface area contributed by atoms with E-state index in [2.05, 4.69) is 67.0 Å². The van der Waals surface area contributed by atoms with Crippen LogP contribution >= 0.6 is 0 Å². The van der Waals surface area contributed by atoms with Crippen LogP contribution in [0.15, 0.2) is 54.6 Å². The fourth-order valence-electron chi connectivity index (χ4n) is 2.43. The summed E-state index contributed by atoms with van der Waals surface area (Å²) in [6.07, 6.45) is 7.95. The normalized spacial score (nSPS) is 13.8. The number of nitriles is 1. The second-order valence-electron chi connectivity index (χ2n) is 4.82. The van der Waals surface area contributed by atoms with Crippen LogP contribution in [0.5, 0.6) is 0 Å². The van der Waals surface area contributed by atoms with E-state index in [0.29, 0.717) is 6.42 Å². The third-order valence-electron chi connectivity index (χ3n) is 3.54. The van der Waals surface area contributed by atoms with Crippen molar-refractivity contribution in [3.05, 3.63) is 60.2 Å². The number of anilines is 1. The van der Waals surface area contributed by atoms with Crippen molar-refractivity contribution >= 4 is 11.3 Å². The van der Waals surface area contributed by atoms with E-state index >= 15 is 0 Å². The predicted molar refractivity (Wildman–Crippen MR) is 85.4 cm³/mol. The highest BCUT2D eigenvalue weighted by Gasteiger charge is 2.08. The van der Waals surface area contributed by atoms with Gasteiger partial charge in [0, 0.05) is 18.8 Å². The second kappa shape index (κ2) is 6.77. The van der Waals surface area contributed by atoms with Gasteiger partial charge in [0.25, 0.3) is 0 Å². The molecule has 0 saturated carbocycles. The highest BCUT2D eigenvalue weighted by Crippen LogP contribution is 2.28. The molecule has 0 bridgehead atoms. The Bertz CT molecular complexity index is 570. The summed E-state index contributed by atoms with van der Waals surface area (Å²) in [5.41, 5.74) is 4.67. The van der Waals surface area contributed by atoms with Crippen molar-refractivity contribution in [2.75, 3.05) is 18.0 Å². The quantitative estimate of drug-likeness (QED) is 0.791. The van der Waals surface area contributed by atoms with E-state index < -0.39 is 0 Å². The van der Waals surface area contributed by atoms with E-state index in [4.69, 9.17) is 5.26 Å². The Hall–Kier alpha value is -2.27. The van der Waals surface area contributed by atoms with Crippen LogP contribution in [0, 0.1) is 11.3 Å². The highest BCUT2D eigenvalue weighted by atomic mass is 15.1. The van der Waals surface area contributed by atoms with Crippen molar-refractivity contribution in [2.24, 2.45) is 0 Å². The molecule has 0 aromatic heterocycles. The summed E-state index contributed by atoms with van der Waals surface area (Å²) in [6, 6.07) is 10.7. The SMILES string of the molecule is C=C1C=CCC=C1c1ccc(N(CC)CCC#N)cc1. The molecule has 2 nitrogen and oxygen atoms in total. The van der Waals surface area contributed by atoms with Gasteiger partial charge in [-0.2, -0.15) is 5.26 Å². The van der Waals surface area contributed by atoms with Gasteiger partial charge in [0.2, 0.25) is 0 Å². The number of nitrogens with zero attached hydrogens (tertiary/aromatic N) is 2. The van der Waals surface area contributed by atoms with E-state index in [1.165, 1.54) is 16.8 Å². The monoisotopic (exact) mass is 264 g/mol. The van der Waals surface area contributed by atoms with Crippen LogP contribution in [-0.4, -0.2) is 13.1 Å². The molecule has 2 rings (SSSR count). The molecule has 1 aliphatic carbocycles. The van der Waals surface area contributed by atoms with Gasteiger partial charge in [-0.25, -0.2) is 0 Å². The summed E-state index contributed by atoms with van der Waals surface area (Å²) in [5, 5.41) is 8.70. The first-order valence-electron chi connectivity index (χ1n) is 7.04. The van der Waals surface area contributed by atoms with Gasteiger partial charge in [-0.1, -0.05) is 36.9 Å². The first-order chi connectivity index (χ1) is 9.76. The van der Waals surface area contributed by atoms with Crippen molar-refractivity contribution in [1.82, 2.24) is 0 Å². The van der Waals surface area contributed by atoms with Crippen LogP contribution in [-0.2, 0) is 0 Å². The first kappa shape index (κ1) is 14.1. The first-order valence-corrected chi connectivity index (χ1v) is 7.04. The third kappa shape index (κ3) is 3.19. The molecule has 1 aliphatic rings. The van der Waals surface area contributed by atoms with Crippen molar-refractivity contribution in [2.45, 2.75) is 19.8 Å². The van der Waals surface area contributed by atoms with Crippen LogP contribution in [0.25, 0.3) is 5.57 Å². The Morgan fingerprint density at radius 1 is 1.30 bits per heavy atom. The maximum atomic E-state index is 8.70. The molecule has 2 heteroatoms. The van der Waals surface area contributed by atoms with Gasteiger partial charge in [-0.05, 0) is 42.2 Å². The zero-order valence-electron chi connectivity index (χ0n) is 12.0. The molecule has 0 heterocycles. The van der Waals surface area contributed by atoms with Crippen LogP contribution in [0.3, 0.4) is 0 Å². The van der Waals surface area contributed by atoms with Crippen molar-refractivity contribution in [3.8, 4) is 6.07 Å². The number of hydrogen-bond donors (Lipinski definition) is 0. The summed E-state index contributed by atoms with van der Waals surface area (Å²) in [7, 11) is 0. The Balaban J connectivity index is 2.15. The molecule has 0 fully saturated rings. The largest absolute Gasteiger partial charge is 0.371 e. The Labute approximate surface area is 121 Å². The van der Waals surface area contributed by atoms with E-state index in [9.17, 15) is 0 Å². The van der Waals surface area contributed by atoms with Gasteiger partial charge >= 0.3 is 0 Å². The lowest BCUT2D eigenvalue weighted by atomic mass is 9.94. The number of allylic oxidation sites excluding steroid dienone is 5. The van der Waals surface area contributed by atoms with E-state index in [-0.39, 0.29) is 0 Å². The lowest BCUT2D eigenvalue weighted by Gasteiger charge is -2.22. The lowest BCUT2D eigenvalue weighted by Crippen LogP contribution is -2.23. The minimum Gasteiger partial charge on any atom is -0.371 e. The molecular formula is C18H20N2. The van der Waals surface area contributed by atoms with E-state index in [0.717, 1.165) is 25.1 Å². The topological polar surface area (TPSA) is 27.0 Å². The summed E-state index contributed by atoms with van der Waals surface area (Å²) in [5.74, 6) is 0. The molecule has 0 amide bonds. The van der Waals surface area contributed by atoms with E-state index in [1.54, 1.807) is 0 Å². The number of benzene rings is 1.